The molecule has 0 radical (unpaired) electrons. The molecule has 0 aromatic heterocycles. The van der Waals surface area contributed by atoms with Crippen LogP contribution in [0.1, 0.15) is 12.5 Å². The lowest BCUT2D eigenvalue weighted by Gasteiger charge is -2.08. The predicted molar refractivity (Wildman–Crippen MR) is 108 cm³/mol. The molecular formula is C20H18N2O5S. The van der Waals surface area contributed by atoms with Crippen molar-refractivity contribution in [1.29, 1.82) is 0 Å². The standard InChI is InChI=1S/C20H18N2O5S/c1-12(23)27-16-9-4-13(10-17(16)26-3)11-18-19(24)22-20(28-18)21-14-5-7-15(25-2)8-6-14/h4-11H,1-3H3,(H,21,22,24)/b18-11-. The number of amides is 1. The van der Waals surface area contributed by atoms with Crippen LogP contribution in [0, 0.1) is 0 Å². The van der Waals surface area contributed by atoms with Gasteiger partial charge in [0.25, 0.3) is 5.91 Å². The maximum absolute atomic E-state index is 12.2. The number of nitrogens with one attached hydrogen (secondary N) is 1. The maximum atomic E-state index is 12.2. The molecule has 0 unspecified atom stereocenters. The predicted octanol–water partition coefficient (Wildman–Crippen LogP) is 3.52. The Bertz CT molecular complexity index is 967. The molecule has 1 saturated heterocycles. The van der Waals surface area contributed by atoms with Gasteiger partial charge in [0.1, 0.15) is 5.75 Å². The van der Waals surface area contributed by atoms with Gasteiger partial charge in [-0.1, -0.05) is 6.07 Å². The Morgan fingerprint density at radius 3 is 2.46 bits per heavy atom. The molecule has 1 aliphatic rings. The van der Waals surface area contributed by atoms with Crippen LogP contribution in [-0.4, -0.2) is 31.3 Å². The van der Waals surface area contributed by atoms with Gasteiger partial charge in [0, 0.05) is 6.92 Å². The Morgan fingerprint density at radius 2 is 1.82 bits per heavy atom. The Labute approximate surface area is 166 Å². The minimum Gasteiger partial charge on any atom is -0.497 e. The number of benzene rings is 2. The summed E-state index contributed by atoms with van der Waals surface area (Å²) in [5, 5.41) is 3.23. The molecule has 28 heavy (non-hydrogen) atoms. The number of carbonyl (C=O) groups excluding carboxylic acids is 2. The number of rotatable bonds is 5. The first kappa shape index (κ1) is 19.5. The van der Waals surface area contributed by atoms with E-state index in [9.17, 15) is 9.59 Å². The Hall–Kier alpha value is -3.26. The number of nitrogens with zero attached hydrogens (tertiary/aromatic N) is 1. The molecule has 1 N–H and O–H groups in total. The van der Waals surface area contributed by atoms with Gasteiger partial charge in [-0.05, 0) is 59.8 Å². The average molecular weight is 398 g/mol. The molecule has 1 aliphatic heterocycles. The molecule has 8 heteroatoms. The highest BCUT2D eigenvalue weighted by molar-refractivity contribution is 8.18. The first-order valence-electron chi connectivity index (χ1n) is 8.28. The summed E-state index contributed by atoms with van der Waals surface area (Å²) >= 11 is 1.24. The number of ether oxygens (including phenoxy) is 3. The lowest BCUT2D eigenvalue weighted by molar-refractivity contribution is -0.132. The van der Waals surface area contributed by atoms with Crippen molar-refractivity contribution < 1.29 is 23.8 Å². The number of amidine groups is 1. The van der Waals surface area contributed by atoms with Gasteiger partial charge >= 0.3 is 5.97 Å². The lowest BCUT2D eigenvalue weighted by Crippen LogP contribution is -2.19. The van der Waals surface area contributed by atoms with Crippen LogP contribution < -0.4 is 19.5 Å². The largest absolute Gasteiger partial charge is 0.497 e. The SMILES string of the molecule is COc1ccc(N=C2NC(=O)/C(=C/c3ccc(OC(C)=O)c(OC)c3)S2)cc1. The molecule has 0 spiro atoms. The minimum absolute atomic E-state index is 0.236. The third-order valence-electron chi connectivity index (χ3n) is 3.69. The third kappa shape index (κ3) is 4.72. The molecule has 0 atom stereocenters. The Morgan fingerprint density at radius 1 is 1.07 bits per heavy atom. The van der Waals surface area contributed by atoms with E-state index in [0.29, 0.717) is 27.3 Å². The highest BCUT2D eigenvalue weighted by Crippen LogP contribution is 2.32. The second-order valence-electron chi connectivity index (χ2n) is 5.68. The number of methoxy groups -OCH3 is 2. The van der Waals surface area contributed by atoms with E-state index in [0.717, 1.165) is 11.3 Å². The topological polar surface area (TPSA) is 86.2 Å². The summed E-state index contributed by atoms with van der Waals surface area (Å²) in [6.07, 6.45) is 1.72. The molecule has 3 rings (SSSR count). The molecule has 0 bridgehead atoms. The monoisotopic (exact) mass is 398 g/mol. The van der Waals surface area contributed by atoms with Crippen LogP contribution >= 0.6 is 11.8 Å². The molecule has 2 aromatic carbocycles. The van der Waals surface area contributed by atoms with E-state index in [1.165, 1.54) is 25.8 Å². The minimum atomic E-state index is -0.436. The number of aliphatic imine (C=N–C) groups is 1. The summed E-state index contributed by atoms with van der Waals surface area (Å²) in [6, 6.07) is 12.3. The highest BCUT2D eigenvalue weighted by atomic mass is 32.2. The summed E-state index contributed by atoms with van der Waals surface area (Å²) < 4.78 is 15.5. The molecule has 1 amide bonds. The third-order valence-corrected chi connectivity index (χ3v) is 4.60. The smallest absolute Gasteiger partial charge is 0.308 e. The van der Waals surface area contributed by atoms with Crippen LogP contribution in [0.25, 0.3) is 6.08 Å². The number of hydrogen-bond donors (Lipinski definition) is 1. The number of esters is 1. The summed E-state index contributed by atoms with van der Waals surface area (Å²) in [7, 11) is 3.08. The maximum Gasteiger partial charge on any atom is 0.308 e. The van der Waals surface area contributed by atoms with Gasteiger partial charge in [-0.3, -0.25) is 9.59 Å². The number of carbonyl (C=O) groups is 2. The summed E-state index contributed by atoms with van der Waals surface area (Å²) in [5.41, 5.74) is 1.44. The van der Waals surface area contributed by atoms with Crippen LogP contribution in [0.3, 0.4) is 0 Å². The van der Waals surface area contributed by atoms with Crippen LogP contribution in [0.2, 0.25) is 0 Å². The number of thioether (sulfide) groups is 1. The van der Waals surface area contributed by atoms with E-state index in [2.05, 4.69) is 10.3 Å². The van der Waals surface area contributed by atoms with Gasteiger partial charge in [-0.2, -0.15) is 0 Å². The normalized spacial score (nSPS) is 16.2. The fourth-order valence-electron chi connectivity index (χ4n) is 2.42. The van der Waals surface area contributed by atoms with E-state index < -0.39 is 5.97 Å². The van der Waals surface area contributed by atoms with Crippen molar-refractivity contribution in [3.63, 3.8) is 0 Å². The van der Waals surface area contributed by atoms with Crippen LogP contribution in [0.15, 0.2) is 52.4 Å². The van der Waals surface area contributed by atoms with Gasteiger partial charge in [0.15, 0.2) is 16.7 Å². The van der Waals surface area contributed by atoms with Gasteiger partial charge < -0.3 is 19.5 Å². The average Bonchev–Trinajstić information content (AvgIpc) is 3.02. The molecule has 2 aromatic rings. The van der Waals surface area contributed by atoms with Gasteiger partial charge in [0.2, 0.25) is 0 Å². The molecule has 1 heterocycles. The van der Waals surface area contributed by atoms with Crippen LogP contribution in [-0.2, 0) is 9.59 Å². The zero-order chi connectivity index (χ0) is 20.1. The first-order valence-corrected chi connectivity index (χ1v) is 9.10. The van der Waals surface area contributed by atoms with Crippen LogP contribution in [0.4, 0.5) is 5.69 Å². The van der Waals surface area contributed by atoms with Crippen molar-refractivity contribution in [3.8, 4) is 17.2 Å². The van der Waals surface area contributed by atoms with Crippen molar-refractivity contribution in [2.75, 3.05) is 14.2 Å². The Kier molecular flexibility index (Phi) is 6.00. The molecular weight excluding hydrogens is 380 g/mol. The Balaban J connectivity index is 1.80. The summed E-state index contributed by atoms with van der Waals surface area (Å²) in [6.45, 7) is 1.32. The van der Waals surface area contributed by atoms with Crippen molar-refractivity contribution in [1.82, 2.24) is 5.32 Å². The van der Waals surface area contributed by atoms with Crippen molar-refractivity contribution in [2.45, 2.75) is 6.92 Å². The summed E-state index contributed by atoms with van der Waals surface area (Å²) in [4.78, 5) is 28.3. The van der Waals surface area contributed by atoms with Crippen LogP contribution in [0.5, 0.6) is 17.2 Å². The first-order chi connectivity index (χ1) is 13.5. The molecule has 144 valence electrons. The van der Waals surface area contributed by atoms with Crippen molar-refractivity contribution in [2.24, 2.45) is 4.99 Å². The quantitative estimate of drug-likeness (QED) is 0.471. The van der Waals surface area contributed by atoms with Gasteiger partial charge in [0.05, 0.1) is 24.8 Å². The molecule has 1 fully saturated rings. The van der Waals surface area contributed by atoms with Crippen molar-refractivity contribution >= 4 is 40.6 Å². The highest BCUT2D eigenvalue weighted by Gasteiger charge is 2.24. The molecule has 0 saturated carbocycles. The molecule has 7 nitrogen and oxygen atoms in total. The number of hydrogen-bond acceptors (Lipinski definition) is 7. The van der Waals surface area contributed by atoms with E-state index in [1.54, 1.807) is 55.7 Å². The van der Waals surface area contributed by atoms with Gasteiger partial charge in [-0.25, -0.2) is 4.99 Å². The van der Waals surface area contributed by atoms with E-state index in [4.69, 9.17) is 14.2 Å². The van der Waals surface area contributed by atoms with Crippen molar-refractivity contribution in [3.05, 3.63) is 52.9 Å². The summed E-state index contributed by atoms with van der Waals surface area (Å²) in [5.74, 6) is 0.788. The zero-order valence-corrected chi connectivity index (χ0v) is 16.3. The second kappa shape index (κ2) is 8.62. The lowest BCUT2D eigenvalue weighted by atomic mass is 10.2. The second-order valence-corrected chi connectivity index (χ2v) is 6.71. The van der Waals surface area contributed by atoms with Gasteiger partial charge in [-0.15, -0.1) is 0 Å². The molecule has 0 aliphatic carbocycles. The van der Waals surface area contributed by atoms with E-state index in [-0.39, 0.29) is 5.91 Å². The fourth-order valence-corrected chi connectivity index (χ4v) is 3.26. The van der Waals surface area contributed by atoms with E-state index in [1.807, 2.05) is 0 Å². The zero-order valence-electron chi connectivity index (χ0n) is 15.5. The fraction of sp³-hybridized carbons (Fsp3) is 0.150. The van der Waals surface area contributed by atoms with E-state index >= 15 is 0 Å².